The fourth-order valence-corrected chi connectivity index (χ4v) is 3.39. The van der Waals surface area contributed by atoms with Crippen molar-refractivity contribution in [3.8, 4) is 0 Å². The molecule has 0 atom stereocenters. The average Bonchev–Trinajstić information content (AvgIpc) is 3.49. The van der Waals surface area contributed by atoms with Crippen molar-refractivity contribution in [2.45, 2.75) is 38.8 Å². The molecule has 0 saturated heterocycles. The third-order valence-electron chi connectivity index (χ3n) is 4.97. The van der Waals surface area contributed by atoms with E-state index in [-0.39, 0.29) is 36.4 Å². The van der Waals surface area contributed by atoms with E-state index >= 15 is 0 Å². The third-order valence-corrected chi connectivity index (χ3v) is 4.97. The van der Waals surface area contributed by atoms with E-state index in [4.69, 9.17) is 4.52 Å². The molecule has 4 rings (SSSR count). The molecule has 0 fully saturated rings. The van der Waals surface area contributed by atoms with Crippen LogP contribution in [0.5, 0.6) is 0 Å². The monoisotopic (exact) mass is 501 g/mol. The Morgan fingerprint density at radius 2 is 1.83 bits per heavy atom. The zero-order chi connectivity index (χ0) is 25.4. The highest BCUT2D eigenvalue weighted by Crippen LogP contribution is 2.32. The van der Waals surface area contributed by atoms with Crippen molar-refractivity contribution < 1.29 is 35.7 Å². The number of rotatable bonds is 7. The van der Waals surface area contributed by atoms with Gasteiger partial charge in [-0.05, 0) is 31.5 Å². The summed E-state index contributed by atoms with van der Waals surface area (Å²) in [4.78, 5) is 19.7. The van der Waals surface area contributed by atoms with Crippen LogP contribution in [0.3, 0.4) is 0 Å². The Bertz CT molecular complexity index is 1350. The summed E-state index contributed by atoms with van der Waals surface area (Å²) >= 11 is 0. The number of fused-ring (bicyclic) bond motifs is 1. The van der Waals surface area contributed by atoms with Crippen LogP contribution in [0.1, 0.15) is 40.1 Å². The molecule has 3 heterocycles. The largest absolute Gasteiger partial charge is 0.449 e. The van der Waals surface area contributed by atoms with Crippen molar-refractivity contribution in [1.29, 1.82) is 0 Å². The van der Waals surface area contributed by atoms with Gasteiger partial charge in [0.05, 0.1) is 17.6 Å². The highest BCUT2D eigenvalue weighted by molar-refractivity contribution is 5.89. The number of benzene rings is 1. The minimum atomic E-state index is -4.73. The van der Waals surface area contributed by atoms with Crippen LogP contribution in [0.2, 0.25) is 0 Å². The maximum Gasteiger partial charge on any atom is 0.449 e. The van der Waals surface area contributed by atoms with Crippen molar-refractivity contribution in [3.05, 3.63) is 59.3 Å². The summed E-state index contributed by atoms with van der Waals surface area (Å²) in [5, 5.41) is 9.53. The highest BCUT2D eigenvalue weighted by atomic mass is 19.4. The van der Waals surface area contributed by atoms with Gasteiger partial charge in [0.1, 0.15) is 0 Å². The minimum absolute atomic E-state index is 0.0571. The molecule has 0 saturated carbocycles. The van der Waals surface area contributed by atoms with Crippen LogP contribution in [0.25, 0.3) is 11.0 Å². The topological polar surface area (TPSA) is 104 Å². The zero-order valence-corrected chi connectivity index (χ0v) is 18.0. The standard InChI is InChI=1S/C20H17F6N7O2/c1-11-9-14(19(21,22)23)30-33(11)8-4-7-27-16(34)17-29-15(31-35-17)10-32-13-6-3-2-5-12(13)28-18(32)20(24,25)26/h2-3,5-6,9H,4,7-8,10H2,1H3,(H,27,34). The lowest BCUT2D eigenvalue weighted by Crippen LogP contribution is -2.26. The van der Waals surface area contributed by atoms with Crippen molar-refractivity contribution in [1.82, 2.24) is 34.8 Å². The molecule has 1 N–H and O–H groups in total. The number of para-hydroxylation sites is 2. The predicted molar refractivity (Wildman–Crippen MR) is 107 cm³/mol. The number of nitrogens with zero attached hydrogens (tertiary/aromatic N) is 6. The summed E-state index contributed by atoms with van der Waals surface area (Å²) in [6.45, 7) is 1.22. The second kappa shape index (κ2) is 9.03. The number of imidazole rings is 1. The molecule has 9 nitrogen and oxygen atoms in total. The van der Waals surface area contributed by atoms with E-state index in [0.29, 0.717) is 5.69 Å². The Morgan fingerprint density at radius 1 is 1.09 bits per heavy atom. The van der Waals surface area contributed by atoms with Gasteiger partial charge in [-0.1, -0.05) is 17.3 Å². The van der Waals surface area contributed by atoms with Crippen LogP contribution < -0.4 is 5.32 Å². The molecule has 15 heteroatoms. The molecule has 3 aromatic heterocycles. The number of aryl methyl sites for hydroxylation is 2. The summed E-state index contributed by atoms with van der Waals surface area (Å²) in [6.07, 6.45) is -9.02. The third kappa shape index (κ3) is 5.27. The van der Waals surface area contributed by atoms with E-state index in [1.807, 2.05) is 0 Å². The van der Waals surface area contributed by atoms with Crippen molar-refractivity contribution in [2.75, 3.05) is 6.54 Å². The van der Waals surface area contributed by atoms with Gasteiger partial charge in [0.25, 0.3) is 0 Å². The lowest BCUT2D eigenvalue weighted by atomic mass is 10.3. The molecule has 0 spiro atoms. The Hall–Kier alpha value is -3.91. The number of hydrogen-bond donors (Lipinski definition) is 1. The number of amides is 1. The number of hydrogen-bond acceptors (Lipinski definition) is 6. The van der Waals surface area contributed by atoms with E-state index in [1.165, 1.54) is 23.7 Å². The molecule has 0 aliphatic rings. The van der Waals surface area contributed by atoms with Gasteiger partial charge in [-0.3, -0.25) is 9.48 Å². The highest BCUT2D eigenvalue weighted by Gasteiger charge is 2.38. The lowest BCUT2D eigenvalue weighted by molar-refractivity contribution is -0.146. The Balaban J connectivity index is 1.37. The summed E-state index contributed by atoms with van der Waals surface area (Å²) in [6, 6.07) is 6.94. The van der Waals surface area contributed by atoms with Gasteiger partial charge in [-0.25, -0.2) is 4.98 Å². The number of nitrogens with one attached hydrogen (secondary N) is 1. The summed E-state index contributed by atoms with van der Waals surface area (Å²) in [5.74, 6) is -2.55. The molecular weight excluding hydrogens is 484 g/mol. The fraction of sp³-hybridized carbons (Fsp3) is 0.350. The number of aromatic nitrogens is 6. The first kappa shape index (κ1) is 24.2. The summed E-state index contributed by atoms with van der Waals surface area (Å²) < 4.78 is 85.4. The Kier molecular flexibility index (Phi) is 6.25. The van der Waals surface area contributed by atoms with Gasteiger partial charge in [0, 0.05) is 18.8 Å². The van der Waals surface area contributed by atoms with E-state index in [1.54, 1.807) is 12.1 Å². The molecule has 186 valence electrons. The first-order chi connectivity index (χ1) is 16.4. The van der Waals surface area contributed by atoms with E-state index in [2.05, 4.69) is 25.5 Å². The smallest absolute Gasteiger partial charge is 0.348 e. The van der Waals surface area contributed by atoms with Crippen LogP contribution >= 0.6 is 0 Å². The molecule has 0 unspecified atom stereocenters. The van der Waals surface area contributed by atoms with E-state index in [0.717, 1.165) is 10.6 Å². The average molecular weight is 501 g/mol. The van der Waals surface area contributed by atoms with Crippen LogP contribution in [0, 0.1) is 6.92 Å². The minimum Gasteiger partial charge on any atom is -0.348 e. The molecule has 0 aliphatic carbocycles. The van der Waals surface area contributed by atoms with Gasteiger partial charge >= 0.3 is 24.2 Å². The van der Waals surface area contributed by atoms with Crippen LogP contribution in [0.15, 0.2) is 34.9 Å². The van der Waals surface area contributed by atoms with Crippen LogP contribution in [0.4, 0.5) is 26.3 Å². The molecule has 0 aliphatic heterocycles. The Morgan fingerprint density at radius 3 is 2.51 bits per heavy atom. The predicted octanol–water partition coefficient (Wildman–Crippen LogP) is 3.83. The van der Waals surface area contributed by atoms with Crippen molar-refractivity contribution in [2.24, 2.45) is 0 Å². The molecule has 4 aromatic rings. The molecule has 1 aromatic carbocycles. The molecule has 0 radical (unpaired) electrons. The SMILES string of the molecule is Cc1cc(C(F)(F)F)nn1CCCNC(=O)c1nc(Cn2c(C(F)(F)F)nc3ccccc32)no1. The molecular formula is C20H17F6N7O2. The normalized spacial score (nSPS) is 12.4. The lowest BCUT2D eigenvalue weighted by Gasteiger charge is -2.09. The number of carbonyl (C=O) groups excluding carboxylic acids is 1. The second-order valence-electron chi connectivity index (χ2n) is 7.53. The van der Waals surface area contributed by atoms with Gasteiger partial charge in [-0.15, -0.1) is 0 Å². The number of halogens is 6. The zero-order valence-electron chi connectivity index (χ0n) is 18.0. The number of alkyl halides is 6. The van der Waals surface area contributed by atoms with Crippen LogP contribution in [-0.2, 0) is 25.4 Å². The second-order valence-corrected chi connectivity index (χ2v) is 7.53. The molecule has 35 heavy (non-hydrogen) atoms. The van der Waals surface area contributed by atoms with Crippen molar-refractivity contribution in [3.63, 3.8) is 0 Å². The Labute approximate surface area is 192 Å². The van der Waals surface area contributed by atoms with Crippen LogP contribution in [-0.4, -0.2) is 41.9 Å². The van der Waals surface area contributed by atoms with Gasteiger partial charge < -0.3 is 14.4 Å². The van der Waals surface area contributed by atoms with Gasteiger partial charge in [0.15, 0.2) is 11.5 Å². The van der Waals surface area contributed by atoms with Gasteiger partial charge in [-0.2, -0.15) is 36.4 Å². The first-order valence-electron chi connectivity index (χ1n) is 10.2. The maximum atomic E-state index is 13.4. The molecule has 1 amide bonds. The van der Waals surface area contributed by atoms with Gasteiger partial charge in [0.2, 0.25) is 5.82 Å². The number of carbonyl (C=O) groups is 1. The summed E-state index contributed by atoms with van der Waals surface area (Å²) in [5.41, 5.74) is -0.346. The van der Waals surface area contributed by atoms with E-state index < -0.39 is 42.2 Å². The van der Waals surface area contributed by atoms with E-state index in [9.17, 15) is 31.1 Å². The van der Waals surface area contributed by atoms with Crippen molar-refractivity contribution >= 4 is 16.9 Å². The molecule has 0 bridgehead atoms. The fourth-order valence-electron chi connectivity index (χ4n) is 3.39. The first-order valence-corrected chi connectivity index (χ1v) is 10.2. The maximum absolute atomic E-state index is 13.4. The summed E-state index contributed by atoms with van der Waals surface area (Å²) in [7, 11) is 0. The quantitative estimate of drug-likeness (QED) is 0.305.